The summed E-state index contributed by atoms with van der Waals surface area (Å²) < 4.78 is 0. The number of piperidine rings is 1. The van der Waals surface area contributed by atoms with Crippen molar-refractivity contribution in [2.45, 2.75) is 51.6 Å². The number of aromatic nitrogens is 1. The minimum absolute atomic E-state index is 0.00900. The van der Waals surface area contributed by atoms with Gasteiger partial charge in [0.25, 0.3) is 11.8 Å². The molecule has 1 aliphatic rings. The van der Waals surface area contributed by atoms with Gasteiger partial charge in [0.2, 0.25) is 0 Å². The van der Waals surface area contributed by atoms with E-state index in [1.165, 1.54) is 0 Å². The Bertz CT molecular complexity index is 867. The number of nitrogens with one attached hydrogen (secondary N) is 1. The summed E-state index contributed by atoms with van der Waals surface area (Å²) in [4.78, 5) is 33.9. The fourth-order valence-electron chi connectivity index (χ4n) is 3.90. The van der Waals surface area contributed by atoms with E-state index in [-0.39, 0.29) is 23.4 Å². The highest BCUT2D eigenvalue weighted by molar-refractivity contribution is 5.98. The van der Waals surface area contributed by atoms with Crippen LogP contribution in [0.3, 0.4) is 0 Å². The maximum atomic E-state index is 12.9. The number of amides is 2. The Balaban J connectivity index is 1.49. The molecule has 0 spiro atoms. The van der Waals surface area contributed by atoms with Crippen molar-refractivity contribution in [1.82, 2.24) is 20.1 Å². The topological polar surface area (TPSA) is 65.5 Å². The number of hydrogen-bond donors (Lipinski definition) is 1. The summed E-state index contributed by atoms with van der Waals surface area (Å²) in [6.07, 6.45) is 4.73. The third kappa shape index (κ3) is 6.62. The Morgan fingerprint density at radius 3 is 2.29 bits per heavy atom. The van der Waals surface area contributed by atoms with Crippen LogP contribution in [0.25, 0.3) is 0 Å². The van der Waals surface area contributed by atoms with E-state index in [9.17, 15) is 9.59 Å². The second-order valence-corrected chi connectivity index (χ2v) is 9.34. The molecule has 0 saturated carbocycles. The molecule has 1 N–H and O–H groups in total. The lowest BCUT2D eigenvalue weighted by molar-refractivity contribution is 0.0643. The van der Waals surface area contributed by atoms with Crippen LogP contribution in [0.15, 0.2) is 48.7 Å². The Morgan fingerprint density at radius 1 is 1.06 bits per heavy atom. The van der Waals surface area contributed by atoms with Crippen LogP contribution >= 0.6 is 0 Å². The Labute approximate surface area is 185 Å². The predicted molar refractivity (Wildman–Crippen MR) is 123 cm³/mol. The van der Waals surface area contributed by atoms with Crippen molar-refractivity contribution < 1.29 is 9.59 Å². The third-order valence-electron chi connectivity index (χ3n) is 5.72. The first-order chi connectivity index (χ1) is 14.7. The van der Waals surface area contributed by atoms with Crippen molar-refractivity contribution in [2.24, 2.45) is 0 Å². The molecule has 6 heteroatoms. The van der Waals surface area contributed by atoms with Gasteiger partial charge in [0.1, 0.15) is 0 Å². The first-order valence-corrected chi connectivity index (χ1v) is 11.0. The van der Waals surface area contributed by atoms with E-state index in [4.69, 9.17) is 0 Å². The number of rotatable bonds is 6. The average Bonchev–Trinajstić information content (AvgIpc) is 2.77. The number of carbonyl (C=O) groups is 2. The van der Waals surface area contributed by atoms with Crippen LogP contribution in [0, 0.1) is 0 Å². The fourth-order valence-corrected chi connectivity index (χ4v) is 3.90. The number of carbonyl (C=O) groups excluding carboxylic acids is 2. The second-order valence-electron chi connectivity index (χ2n) is 9.34. The quantitative estimate of drug-likeness (QED) is 0.775. The third-order valence-corrected chi connectivity index (χ3v) is 5.72. The molecular formula is C25H34N4O2. The van der Waals surface area contributed by atoms with Gasteiger partial charge in [-0.2, -0.15) is 0 Å². The summed E-state index contributed by atoms with van der Waals surface area (Å²) in [5.41, 5.74) is 2.01. The normalized spacial score (nSPS) is 15.5. The molecule has 1 aromatic heterocycles. The smallest absolute Gasteiger partial charge is 0.253 e. The number of likely N-dealkylation sites (tertiary alicyclic amines) is 1. The van der Waals surface area contributed by atoms with Crippen molar-refractivity contribution in [3.05, 3.63) is 65.5 Å². The average molecular weight is 423 g/mol. The second kappa shape index (κ2) is 10.1. The maximum Gasteiger partial charge on any atom is 0.253 e. The molecule has 2 amide bonds. The van der Waals surface area contributed by atoms with E-state index >= 15 is 0 Å². The van der Waals surface area contributed by atoms with Crippen molar-refractivity contribution in [1.29, 1.82) is 0 Å². The molecule has 3 rings (SSSR count). The van der Waals surface area contributed by atoms with E-state index in [1.807, 2.05) is 51.0 Å². The predicted octanol–water partition coefficient (Wildman–Crippen LogP) is 3.39. The van der Waals surface area contributed by atoms with Crippen LogP contribution in [-0.4, -0.2) is 64.9 Å². The first-order valence-electron chi connectivity index (χ1n) is 11.0. The number of hydrogen-bond acceptors (Lipinski definition) is 4. The molecule has 31 heavy (non-hydrogen) atoms. The van der Waals surface area contributed by atoms with Gasteiger partial charge in [0.15, 0.2) is 0 Å². The van der Waals surface area contributed by atoms with Gasteiger partial charge in [-0.3, -0.25) is 14.6 Å². The van der Waals surface area contributed by atoms with Crippen molar-refractivity contribution in [3.8, 4) is 0 Å². The fraction of sp³-hybridized carbons (Fsp3) is 0.480. The molecular weight excluding hydrogens is 388 g/mol. The summed E-state index contributed by atoms with van der Waals surface area (Å²) in [6, 6.07) is 13.2. The van der Waals surface area contributed by atoms with Gasteiger partial charge >= 0.3 is 0 Å². The zero-order valence-electron chi connectivity index (χ0n) is 19.1. The molecule has 6 nitrogen and oxygen atoms in total. The molecule has 2 aromatic rings. The first kappa shape index (κ1) is 22.9. The Morgan fingerprint density at radius 2 is 1.71 bits per heavy atom. The summed E-state index contributed by atoms with van der Waals surface area (Å²) in [5, 5.41) is 2.94. The highest BCUT2D eigenvalue weighted by Crippen LogP contribution is 2.18. The summed E-state index contributed by atoms with van der Waals surface area (Å²) in [6.45, 7) is 8.81. The maximum absolute atomic E-state index is 12.9. The SMILES string of the molecule is CN(C(=O)c1ccc(C(=O)NC(C)(C)C)cc1)C1CCN(CCc2ccccn2)CC1. The summed E-state index contributed by atoms with van der Waals surface area (Å²) in [5.74, 6) is -0.118. The number of pyridine rings is 1. The van der Waals surface area contributed by atoms with Gasteiger partial charge in [0, 0.05) is 67.7 Å². The van der Waals surface area contributed by atoms with Crippen LogP contribution in [-0.2, 0) is 6.42 Å². The largest absolute Gasteiger partial charge is 0.347 e. The van der Waals surface area contributed by atoms with Gasteiger partial charge in [-0.1, -0.05) is 6.07 Å². The van der Waals surface area contributed by atoms with Crippen molar-refractivity contribution in [2.75, 3.05) is 26.7 Å². The number of nitrogens with zero attached hydrogens (tertiary/aromatic N) is 3. The molecule has 1 aliphatic heterocycles. The zero-order valence-corrected chi connectivity index (χ0v) is 19.1. The van der Waals surface area contributed by atoms with Crippen molar-refractivity contribution in [3.63, 3.8) is 0 Å². The van der Waals surface area contributed by atoms with Crippen LogP contribution in [0.1, 0.15) is 60.0 Å². The Hall–Kier alpha value is -2.73. The molecule has 0 radical (unpaired) electrons. The minimum atomic E-state index is -0.293. The van der Waals surface area contributed by atoms with Gasteiger partial charge in [0.05, 0.1) is 0 Å². The van der Waals surface area contributed by atoms with Gasteiger partial charge in [-0.05, 0) is 70.0 Å². The molecule has 2 heterocycles. The lowest BCUT2D eigenvalue weighted by Crippen LogP contribution is -2.46. The molecule has 1 saturated heterocycles. The van der Waals surface area contributed by atoms with Gasteiger partial charge in [-0.25, -0.2) is 0 Å². The van der Waals surface area contributed by atoms with Crippen molar-refractivity contribution >= 4 is 11.8 Å². The van der Waals surface area contributed by atoms with E-state index in [0.717, 1.165) is 44.6 Å². The van der Waals surface area contributed by atoms with Gasteiger partial charge in [-0.15, -0.1) is 0 Å². The molecule has 166 valence electrons. The molecule has 1 fully saturated rings. The summed E-state index contributed by atoms with van der Waals surface area (Å²) >= 11 is 0. The molecule has 1 aromatic carbocycles. The van der Waals surface area contributed by atoms with E-state index in [0.29, 0.717) is 11.1 Å². The van der Waals surface area contributed by atoms with E-state index in [2.05, 4.69) is 21.3 Å². The van der Waals surface area contributed by atoms with Crippen LogP contribution in [0.5, 0.6) is 0 Å². The van der Waals surface area contributed by atoms with Crippen LogP contribution < -0.4 is 5.32 Å². The monoisotopic (exact) mass is 422 g/mol. The lowest BCUT2D eigenvalue weighted by Gasteiger charge is -2.36. The zero-order chi connectivity index (χ0) is 22.4. The van der Waals surface area contributed by atoms with Crippen LogP contribution in [0.2, 0.25) is 0 Å². The molecule has 0 unspecified atom stereocenters. The summed E-state index contributed by atoms with van der Waals surface area (Å²) in [7, 11) is 1.89. The number of benzene rings is 1. The Kier molecular flexibility index (Phi) is 7.44. The van der Waals surface area contributed by atoms with E-state index in [1.54, 1.807) is 24.3 Å². The highest BCUT2D eigenvalue weighted by atomic mass is 16.2. The molecule has 0 aliphatic carbocycles. The molecule has 0 bridgehead atoms. The minimum Gasteiger partial charge on any atom is -0.347 e. The highest BCUT2D eigenvalue weighted by Gasteiger charge is 2.26. The van der Waals surface area contributed by atoms with E-state index < -0.39 is 0 Å². The van der Waals surface area contributed by atoms with Crippen LogP contribution in [0.4, 0.5) is 0 Å². The standard InChI is InChI=1S/C25H34N4O2/c1-25(2,3)27-23(30)19-8-10-20(11-9-19)24(31)28(4)22-13-17-29(18-14-22)16-12-21-7-5-6-15-26-21/h5-11,15,22H,12-14,16-18H2,1-4H3,(H,27,30). The van der Waals surface area contributed by atoms with Gasteiger partial charge < -0.3 is 15.1 Å². The molecule has 0 atom stereocenters. The lowest BCUT2D eigenvalue weighted by atomic mass is 10.0.